The van der Waals surface area contributed by atoms with Crippen LogP contribution in [0.15, 0.2) is 108 Å². The van der Waals surface area contributed by atoms with Crippen LogP contribution in [0.5, 0.6) is 5.75 Å². The molecule has 0 bridgehead atoms. The number of H-pyrrole nitrogens is 1. The first-order valence-corrected chi connectivity index (χ1v) is 18.0. The van der Waals surface area contributed by atoms with Gasteiger partial charge in [-0.1, -0.05) is 97.7 Å². The Bertz CT molecular complexity index is 2140. The van der Waals surface area contributed by atoms with E-state index in [1.165, 1.54) is 30.9 Å². The van der Waals surface area contributed by atoms with Gasteiger partial charge in [0, 0.05) is 29.2 Å². The Balaban J connectivity index is 1.18. The van der Waals surface area contributed by atoms with Gasteiger partial charge in [0.05, 0.1) is 23.1 Å². The molecule has 2 atom stereocenters. The van der Waals surface area contributed by atoms with Crippen LogP contribution in [-0.4, -0.2) is 56.4 Å². The maximum absolute atomic E-state index is 12.8. The monoisotopic (exact) mass is 726 g/mol. The number of imidazole rings is 1. The van der Waals surface area contributed by atoms with Crippen LogP contribution < -0.4 is 10.1 Å². The van der Waals surface area contributed by atoms with Gasteiger partial charge in [-0.2, -0.15) is 0 Å². The number of nitrogens with one attached hydrogen (secondary N) is 2. The molecular weight excluding hydrogens is 684 g/mol. The molecule has 5 aromatic rings. The molecule has 4 aromatic carbocycles. The summed E-state index contributed by atoms with van der Waals surface area (Å²) in [5.74, 6) is -1.28. The van der Waals surface area contributed by atoms with Crippen LogP contribution in [0.4, 0.5) is 0 Å². The quantitative estimate of drug-likeness (QED) is 0.0586. The van der Waals surface area contributed by atoms with Crippen molar-refractivity contribution in [3.63, 3.8) is 0 Å². The van der Waals surface area contributed by atoms with Crippen molar-refractivity contribution in [2.24, 2.45) is 5.16 Å². The molecule has 0 aliphatic carbocycles. The Labute approximate surface area is 313 Å². The van der Waals surface area contributed by atoms with E-state index in [0.717, 1.165) is 45.5 Å². The fourth-order valence-electron chi connectivity index (χ4n) is 6.11. The molecule has 0 radical (unpaired) electrons. The van der Waals surface area contributed by atoms with Crippen molar-refractivity contribution in [2.45, 2.75) is 58.1 Å². The van der Waals surface area contributed by atoms with Crippen molar-refractivity contribution >= 4 is 29.6 Å². The summed E-state index contributed by atoms with van der Waals surface area (Å²) in [6.07, 6.45) is 7.17. The second kappa shape index (κ2) is 17.4. The Morgan fingerprint density at radius 1 is 0.889 bits per heavy atom. The van der Waals surface area contributed by atoms with Crippen LogP contribution in [0.25, 0.3) is 40.0 Å². The van der Waals surface area contributed by atoms with E-state index in [1.807, 2.05) is 67.6 Å². The third-order valence-corrected chi connectivity index (χ3v) is 9.16. The molecule has 1 aromatic heterocycles. The lowest BCUT2D eigenvalue weighted by molar-refractivity contribution is -0.148. The molecule has 54 heavy (non-hydrogen) atoms. The van der Waals surface area contributed by atoms with E-state index in [9.17, 15) is 19.5 Å². The van der Waals surface area contributed by atoms with Gasteiger partial charge in [-0.15, -0.1) is 0 Å². The molecule has 11 heteroatoms. The second-order valence-electron chi connectivity index (χ2n) is 13.2. The summed E-state index contributed by atoms with van der Waals surface area (Å²) in [6.45, 7) is 3.73. The predicted molar refractivity (Wildman–Crippen MR) is 207 cm³/mol. The molecule has 2 heterocycles. The average molecular weight is 727 g/mol. The molecule has 0 saturated carbocycles. The summed E-state index contributed by atoms with van der Waals surface area (Å²) in [5, 5.41) is 25.2. The highest BCUT2D eigenvalue weighted by atomic mass is 16.7. The normalized spacial score (nSPS) is 14.3. The first-order chi connectivity index (χ1) is 26.2. The lowest BCUT2D eigenvalue weighted by Gasteiger charge is -2.13. The first-order valence-electron chi connectivity index (χ1n) is 18.0. The number of carboxylic acid groups (broad SMARTS) is 2. The smallest absolute Gasteiger partial charge is 0.348 e. The summed E-state index contributed by atoms with van der Waals surface area (Å²) >= 11 is 0. The number of carbonyl (C=O) groups excluding carboxylic acids is 1. The standard InChI is InChI=1S/C43H42N4O7/c1-3-4-5-6-28-7-12-30(13-8-28)27(2)44-38(48)24-11-29-9-14-32(15-10-29)40-41(33-20-22-35(23-21-33)53-26-39(49)50)46-42(45-40)34-18-16-31(17-19-34)36-25-37(43(51)52)54-47-36/h7-24,27,37H,3-6,25-26H2,1-2H3,(H,44,48)(H,45,46)(H,49,50)(H,51,52)/b24-11+. The second-order valence-corrected chi connectivity index (χ2v) is 13.2. The number of aliphatic carboxylic acids is 2. The third-order valence-electron chi connectivity index (χ3n) is 9.16. The van der Waals surface area contributed by atoms with Crippen molar-refractivity contribution in [3.05, 3.63) is 125 Å². The lowest BCUT2D eigenvalue weighted by Crippen LogP contribution is -2.24. The van der Waals surface area contributed by atoms with Crippen LogP contribution in [0, 0.1) is 0 Å². The highest BCUT2D eigenvalue weighted by molar-refractivity contribution is 6.03. The van der Waals surface area contributed by atoms with Gasteiger partial charge >= 0.3 is 11.9 Å². The zero-order valence-corrected chi connectivity index (χ0v) is 30.1. The number of hydrogen-bond acceptors (Lipinski definition) is 7. The van der Waals surface area contributed by atoms with Gasteiger partial charge in [-0.25, -0.2) is 14.6 Å². The molecule has 1 amide bonds. The van der Waals surface area contributed by atoms with Gasteiger partial charge in [0.25, 0.3) is 0 Å². The van der Waals surface area contributed by atoms with E-state index in [1.54, 1.807) is 18.2 Å². The van der Waals surface area contributed by atoms with E-state index in [2.05, 4.69) is 46.6 Å². The summed E-state index contributed by atoms with van der Waals surface area (Å²) in [5.41, 5.74) is 8.39. The zero-order chi connectivity index (χ0) is 38.0. The Kier molecular flexibility index (Phi) is 12.0. The molecule has 6 rings (SSSR count). The minimum Gasteiger partial charge on any atom is -0.482 e. The molecule has 276 valence electrons. The summed E-state index contributed by atoms with van der Waals surface area (Å²) in [7, 11) is 0. The SMILES string of the molecule is CCCCCc1ccc(C(C)NC(=O)/C=C/c2ccc(-c3[nH]c(-c4ccc(C5=NOC(C(=O)O)C5)cc4)nc3-c3ccc(OCC(=O)O)cc3)cc2)cc1. The first kappa shape index (κ1) is 37.3. The number of unbranched alkanes of at least 4 members (excludes halogenated alkanes) is 2. The van der Waals surface area contributed by atoms with Crippen molar-refractivity contribution in [2.75, 3.05) is 6.61 Å². The van der Waals surface area contributed by atoms with Crippen molar-refractivity contribution < 1.29 is 34.2 Å². The fourth-order valence-corrected chi connectivity index (χ4v) is 6.11. The number of carboxylic acids is 2. The number of ether oxygens (including phenoxy) is 1. The molecule has 1 aliphatic heterocycles. The number of oxime groups is 1. The Hall–Kier alpha value is -6.49. The number of aromatic nitrogens is 2. The van der Waals surface area contributed by atoms with Crippen molar-refractivity contribution in [1.29, 1.82) is 0 Å². The highest BCUT2D eigenvalue weighted by Crippen LogP contribution is 2.34. The maximum atomic E-state index is 12.8. The van der Waals surface area contributed by atoms with E-state index in [4.69, 9.17) is 19.7 Å². The molecule has 0 spiro atoms. The van der Waals surface area contributed by atoms with Crippen molar-refractivity contribution in [3.8, 4) is 39.7 Å². The Morgan fingerprint density at radius 2 is 1.56 bits per heavy atom. The van der Waals surface area contributed by atoms with Crippen LogP contribution in [0.1, 0.15) is 67.8 Å². The van der Waals surface area contributed by atoms with Gasteiger partial charge in [0.1, 0.15) is 11.6 Å². The molecule has 2 unspecified atom stereocenters. The zero-order valence-electron chi connectivity index (χ0n) is 30.1. The van der Waals surface area contributed by atoms with Crippen LogP contribution in [-0.2, 0) is 25.6 Å². The van der Waals surface area contributed by atoms with E-state index < -0.39 is 24.6 Å². The number of benzene rings is 4. The number of nitrogens with zero attached hydrogens (tertiary/aromatic N) is 2. The van der Waals surface area contributed by atoms with Gasteiger partial charge in [-0.3, -0.25) is 4.79 Å². The molecule has 0 fully saturated rings. The molecular formula is C43H42N4O7. The maximum Gasteiger partial charge on any atom is 0.348 e. The van der Waals surface area contributed by atoms with Crippen LogP contribution in [0.3, 0.4) is 0 Å². The highest BCUT2D eigenvalue weighted by Gasteiger charge is 2.28. The van der Waals surface area contributed by atoms with Gasteiger partial charge < -0.3 is 30.1 Å². The van der Waals surface area contributed by atoms with Gasteiger partial charge in [0.2, 0.25) is 12.0 Å². The topological polar surface area (TPSA) is 163 Å². The summed E-state index contributed by atoms with van der Waals surface area (Å²) in [6, 6.07) is 30.6. The number of aryl methyl sites for hydroxylation is 1. The lowest BCUT2D eigenvalue weighted by atomic mass is 10.0. The fraction of sp³-hybridized carbons (Fsp3) is 0.233. The summed E-state index contributed by atoms with van der Waals surface area (Å²) < 4.78 is 5.32. The number of amides is 1. The number of rotatable bonds is 16. The van der Waals surface area contributed by atoms with E-state index in [0.29, 0.717) is 23.0 Å². The molecule has 4 N–H and O–H groups in total. The van der Waals surface area contributed by atoms with Crippen LogP contribution in [0.2, 0.25) is 0 Å². The minimum absolute atomic E-state index is 0.133. The van der Waals surface area contributed by atoms with Gasteiger partial charge in [-0.05, 0) is 72.4 Å². The Morgan fingerprint density at radius 3 is 2.20 bits per heavy atom. The van der Waals surface area contributed by atoms with Crippen LogP contribution >= 0.6 is 0 Å². The van der Waals surface area contributed by atoms with Crippen molar-refractivity contribution in [1.82, 2.24) is 15.3 Å². The number of hydrogen-bond donors (Lipinski definition) is 4. The summed E-state index contributed by atoms with van der Waals surface area (Å²) in [4.78, 5) is 48.6. The number of carbonyl (C=O) groups is 3. The van der Waals surface area contributed by atoms with E-state index >= 15 is 0 Å². The molecule has 1 aliphatic rings. The minimum atomic E-state index is -1.06. The predicted octanol–water partition coefficient (Wildman–Crippen LogP) is 8.08. The van der Waals surface area contributed by atoms with E-state index in [-0.39, 0.29) is 18.4 Å². The largest absolute Gasteiger partial charge is 0.482 e. The molecule has 0 saturated heterocycles. The average Bonchev–Trinajstić information content (AvgIpc) is 3.87. The molecule has 11 nitrogen and oxygen atoms in total. The third kappa shape index (κ3) is 9.48. The van der Waals surface area contributed by atoms with Gasteiger partial charge in [0.15, 0.2) is 6.61 Å². The number of aromatic amines is 1.